The molecular formula is C21H14ClF4N3O. The van der Waals surface area contributed by atoms with Gasteiger partial charge >= 0.3 is 6.18 Å². The topological polar surface area (TPSA) is 46.4 Å². The van der Waals surface area contributed by atoms with E-state index >= 15 is 0 Å². The van der Waals surface area contributed by atoms with Crippen molar-refractivity contribution in [2.75, 3.05) is 5.32 Å². The van der Waals surface area contributed by atoms with Crippen LogP contribution in [0.5, 0.6) is 0 Å². The Morgan fingerprint density at radius 1 is 0.967 bits per heavy atom. The molecule has 154 valence electrons. The Hall–Kier alpha value is -3.39. The van der Waals surface area contributed by atoms with Crippen molar-refractivity contribution >= 4 is 29.8 Å². The lowest BCUT2D eigenvalue weighted by Crippen LogP contribution is -2.15. The molecule has 0 bridgehead atoms. The van der Waals surface area contributed by atoms with Gasteiger partial charge < -0.3 is 5.32 Å². The highest BCUT2D eigenvalue weighted by molar-refractivity contribution is 6.06. The van der Waals surface area contributed by atoms with Gasteiger partial charge in [0, 0.05) is 17.3 Å². The SMILES string of the molecule is Cl.O=C(Nc1c(-c2ccc(F)cc2)nc2ccccn12)c1cccc(C(F)(F)F)c1. The number of carbonyl (C=O) groups is 1. The van der Waals surface area contributed by atoms with E-state index in [-0.39, 0.29) is 23.8 Å². The van der Waals surface area contributed by atoms with E-state index in [1.165, 1.54) is 36.4 Å². The van der Waals surface area contributed by atoms with E-state index in [1.807, 2.05) is 0 Å². The predicted molar refractivity (Wildman–Crippen MR) is 107 cm³/mol. The first-order chi connectivity index (χ1) is 13.8. The first kappa shape index (κ1) is 21.3. The normalized spacial score (nSPS) is 11.2. The standard InChI is InChI=1S/C21H13F4N3O.ClH/c22-16-9-7-13(8-10-16)18-19(28-11-2-1-6-17(28)26-18)27-20(29)14-4-3-5-15(12-14)21(23,24)25;/h1-12H,(H,27,29);1H. The molecule has 0 aliphatic rings. The molecule has 4 rings (SSSR count). The number of nitrogens with zero attached hydrogens (tertiary/aromatic N) is 2. The zero-order valence-electron chi connectivity index (χ0n) is 15.2. The maximum absolute atomic E-state index is 13.3. The van der Waals surface area contributed by atoms with Crippen molar-refractivity contribution in [3.05, 3.63) is 89.9 Å². The number of carbonyl (C=O) groups excluding carboxylic acids is 1. The lowest BCUT2D eigenvalue weighted by molar-refractivity contribution is -0.137. The lowest BCUT2D eigenvalue weighted by Gasteiger charge is -2.10. The molecule has 9 heteroatoms. The first-order valence-electron chi connectivity index (χ1n) is 8.54. The summed E-state index contributed by atoms with van der Waals surface area (Å²) in [7, 11) is 0. The van der Waals surface area contributed by atoms with Gasteiger partial charge in [-0.25, -0.2) is 9.37 Å². The summed E-state index contributed by atoms with van der Waals surface area (Å²) in [4.78, 5) is 17.2. The average molecular weight is 436 g/mol. The van der Waals surface area contributed by atoms with Gasteiger partial charge in [0.05, 0.1) is 5.56 Å². The van der Waals surface area contributed by atoms with Gasteiger partial charge in [0.15, 0.2) is 0 Å². The summed E-state index contributed by atoms with van der Waals surface area (Å²) in [6.45, 7) is 0. The molecule has 0 atom stereocenters. The number of amides is 1. The van der Waals surface area contributed by atoms with Gasteiger partial charge in [0.25, 0.3) is 5.91 Å². The van der Waals surface area contributed by atoms with Crippen LogP contribution in [0.4, 0.5) is 23.4 Å². The number of nitrogens with one attached hydrogen (secondary N) is 1. The van der Waals surface area contributed by atoms with Gasteiger partial charge in [-0.15, -0.1) is 12.4 Å². The second kappa shape index (κ2) is 8.16. The average Bonchev–Trinajstić information content (AvgIpc) is 3.06. The van der Waals surface area contributed by atoms with Crippen molar-refractivity contribution in [2.24, 2.45) is 0 Å². The molecule has 4 aromatic rings. The van der Waals surface area contributed by atoms with Crippen LogP contribution in [0.2, 0.25) is 0 Å². The van der Waals surface area contributed by atoms with Crippen molar-refractivity contribution in [2.45, 2.75) is 6.18 Å². The smallest absolute Gasteiger partial charge is 0.306 e. The minimum Gasteiger partial charge on any atom is -0.306 e. The zero-order chi connectivity index (χ0) is 20.6. The van der Waals surface area contributed by atoms with Crippen molar-refractivity contribution in [1.29, 1.82) is 0 Å². The van der Waals surface area contributed by atoms with E-state index in [2.05, 4.69) is 10.3 Å². The second-order valence-corrected chi connectivity index (χ2v) is 6.28. The Balaban J connectivity index is 0.00000256. The zero-order valence-corrected chi connectivity index (χ0v) is 16.0. The number of alkyl halides is 3. The van der Waals surface area contributed by atoms with E-state index in [0.717, 1.165) is 12.1 Å². The molecule has 2 aromatic carbocycles. The molecule has 1 amide bonds. The van der Waals surface area contributed by atoms with Crippen LogP contribution in [0.15, 0.2) is 72.9 Å². The maximum atomic E-state index is 13.3. The summed E-state index contributed by atoms with van der Waals surface area (Å²) in [6.07, 6.45) is -2.89. The third kappa shape index (κ3) is 4.13. The number of aromatic nitrogens is 2. The Kier molecular flexibility index (Phi) is 5.80. The summed E-state index contributed by atoms with van der Waals surface area (Å²) in [6, 6.07) is 14.9. The Labute approximate surface area is 174 Å². The number of halogens is 5. The molecule has 0 fully saturated rings. The van der Waals surface area contributed by atoms with Crippen LogP contribution in [-0.4, -0.2) is 15.3 Å². The van der Waals surface area contributed by atoms with Crippen LogP contribution < -0.4 is 5.32 Å². The molecule has 0 aliphatic heterocycles. The van der Waals surface area contributed by atoms with Crippen LogP contribution in [0, 0.1) is 5.82 Å². The summed E-state index contributed by atoms with van der Waals surface area (Å²) < 4.78 is 53.8. The number of imidazole rings is 1. The van der Waals surface area contributed by atoms with Crippen molar-refractivity contribution in [3.63, 3.8) is 0 Å². The fourth-order valence-corrected chi connectivity index (χ4v) is 2.94. The minimum absolute atomic E-state index is 0. The molecule has 0 saturated heterocycles. The van der Waals surface area contributed by atoms with Crippen LogP contribution in [0.1, 0.15) is 15.9 Å². The van der Waals surface area contributed by atoms with Gasteiger partial charge in [0.2, 0.25) is 0 Å². The molecule has 0 radical (unpaired) electrons. The molecule has 4 nitrogen and oxygen atoms in total. The molecule has 30 heavy (non-hydrogen) atoms. The summed E-state index contributed by atoms with van der Waals surface area (Å²) in [5.74, 6) is -0.869. The van der Waals surface area contributed by atoms with Crippen LogP contribution in [-0.2, 0) is 6.18 Å². The van der Waals surface area contributed by atoms with E-state index in [1.54, 1.807) is 28.8 Å². The largest absolute Gasteiger partial charge is 0.416 e. The third-order valence-corrected chi connectivity index (χ3v) is 4.33. The van der Waals surface area contributed by atoms with Gasteiger partial charge in [-0.1, -0.05) is 12.1 Å². The molecule has 0 aliphatic carbocycles. The number of anilines is 1. The third-order valence-electron chi connectivity index (χ3n) is 4.33. The minimum atomic E-state index is -4.56. The molecule has 1 N–H and O–H groups in total. The van der Waals surface area contributed by atoms with E-state index < -0.39 is 23.5 Å². The maximum Gasteiger partial charge on any atom is 0.416 e. The number of pyridine rings is 1. The monoisotopic (exact) mass is 435 g/mol. The van der Waals surface area contributed by atoms with E-state index in [9.17, 15) is 22.4 Å². The van der Waals surface area contributed by atoms with Crippen molar-refractivity contribution < 1.29 is 22.4 Å². The Morgan fingerprint density at radius 3 is 2.40 bits per heavy atom. The highest BCUT2D eigenvalue weighted by Gasteiger charge is 2.31. The Bertz CT molecular complexity index is 1200. The number of rotatable bonds is 3. The van der Waals surface area contributed by atoms with Gasteiger partial charge in [-0.05, 0) is 54.6 Å². The molecule has 2 heterocycles. The lowest BCUT2D eigenvalue weighted by atomic mass is 10.1. The molecule has 0 spiro atoms. The fraction of sp³-hybridized carbons (Fsp3) is 0.0476. The molecular weight excluding hydrogens is 422 g/mol. The number of hydrogen-bond acceptors (Lipinski definition) is 2. The van der Waals surface area contributed by atoms with Crippen molar-refractivity contribution in [1.82, 2.24) is 9.38 Å². The number of fused-ring (bicyclic) bond motifs is 1. The second-order valence-electron chi connectivity index (χ2n) is 6.28. The van der Waals surface area contributed by atoms with Crippen LogP contribution >= 0.6 is 12.4 Å². The highest BCUT2D eigenvalue weighted by atomic mass is 35.5. The fourth-order valence-electron chi connectivity index (χ4n) is 2.94. The highest BCUT2D eigenvalue weighted by Crippen LogP contribution is 2.31. The van der Waals surface area contributed by atoms with Gasteiger partial charge in [-0.3, -0.25) is 9.20 Å². The van der Waals surface area contributed by atoms with E-state index in [0.29, 0.717) is 16.9 Å². The number of benzene rings is 2. The van der Waals surface area contributed by atoms with E-state index in [4.69, 9.17) is 0 Å². The number of hydrogen-bond donors (Lipinski definition) is 1. The molecule has 0 saturated carbocycles. The molecule has 0 unspecified atom stereocenters. The Morgan fingerprint density at radius 2 is 1.70 bits per heavy atom. The molecule has 2 aromatic heterocycles. The van der Waals surface area contributed by atoms with Gasteiger partial charge in [-0.2, -0.15) is 13.2 Å². The summed E-state index contributed by atoms with van der Waals surface area (Å²) >= 11 is 0. The summed E-state index contributed by atoms with van der Waals surface area (Å²) in [5.41, 5.74) is 0.384. The van der Waals surface area contributed by atoms with Gasteiger partial charge in [0.1, 0.15) is 23.0 Å². The quantitative estimate of drug-likeness (QED) is 0.411. The predicted octanol–water partition coefficient (Wildman–Crippen LogP) is 5.83. The van der Waals surface area contributed by atoms with Crippen LogP contribution in [0.25, 0.3) is 16.9 Å². The van der Waals surface area contributed by atoms with Crippen molar-refractivity contribution in [3.8, 4) is 11.3 Å². The first-order valence-corrected chi connectivity index (χ1v) is 8.54. The van der Waals surface area contributed by atoms with Crippen LogP contribution in [0.3, 0.4) is 0 Å². The summed E-state index contributed by atoms with van der Waals surface area (Å²) in [5, 5.41) is 2.64.